The summed E-state index contributed by atoms with van der Waals surface area (Å²) in [5, 5.41) is 3.49. The van der Waals surface area contributed by atoms with Gasteiger partial charge in [0, 0.05) is 22.4 Å². The number of carbonyl (C=O) groups is 1. The molecular weight excluding hydrogens is 419 g/mol. The number of anilines is 1. The summed E-state index contributed by atoms with van der Waals surface area (Å²) >= 11 is 1.51. The molecule has 2 aromatic carbocycles. The Morgan fingerprint density at radius 3 is 2.50 bits per heavy atom. The molecule has 0 spiro atoms. The number of benzene rings is 2. The van der Waals surface area contributed by atoms with E-state index in [2.05, 4.69) is 22.4 Å². The van der Waals surface area contributed by atoms with Crippen molar-refractivity contribution in [2.45, 2.75) is 26.4 Å². The van der Waals surface area contributed by atoms with E-state index >= 15 is 0 Å². The molecule has 0 saturated heterocycles. The first kappa shape index (κ1) is 20.9. The SMILES string of the molecule is CCOP(=O)(Cc1ccc(C(=O)Nc2nc3c(s2)Cc2ccccc2-3)cc1)OCC. The average Bonchev–Trinajstić information content (AvgIpc) is 3.26. The van der Waals surface area contributed by atoms with Crippen molar-refractivity contribution < 1.29 is 18.4 Å². The Hall–Kier alpha value is -2.31. The molecule has 0 bridgehead atoms. The largest absolute Gasteiger partial charge is 0.335 e. The zero-order chi connectivity index (χ0) is 21.1. The number of hydrogen-bond acceptors (Lipinski definition) is 6. The van der Waals surface area contributed by atoms with Gasteiger partial charge in [0.25, 0.3) is 5.91 Å². The summed E-state index contributed by atoms with van der Waals surface area (Å²) in [6, 6.07) is 15.2. The van der Waals surface area contributed by atoms with Gasteiger partial charge in [-0.05, 0) is 37.1 Å². The molecule has 1 aliphatic carbocycles. The summed E-state index contributed by atoms with van der Waals surface area (Å²) < 4.78 is 23.3. The first-order chi connectivity index (χ1) is 14.5. The molecule has 0 aliphatic heterocycles. The highest BCUT2D eigenvalue weighted by atomic mass is 32.1. The summed E-state index contributed by atoms with van der Waals surface area (Å²) in [7, 11) is -3.17. The second kappa shape index (κ2) is 8.82. The van der Waals surface area contributed by atoms with Crippen LogP contribution in [0, 0.1) is 0 Å². The number of aromatic nitrogens is 1. The van der Waals surface area contributed by atoms with Crippen molar-refractivity contribution in [1.82, 2.24) is 4.98 Å². The van der Waals surface area contributed by atoms with Crippen LogP contribution in [0.2, 0.25) is 0 Å². The van der Waals surface area contributed by atoms with Crippen LogP contribution < -0.4 is 5.32 Å². The average molecular weight is 442 g/mol. The summed E-state index contributed by atoms with van der Waals surface area (Å²) in [5.41, 5.74) is 4.68. The van der Waals surface area contributed by atoms with E-state index in [1.807, 2.05) is 12.1 Å². The van der Waals surface area contributed by atoms with E-state index in [-0.39, 0.29) is 12.1 Å². The molecule has 1 N–H and O–H groups in total. The number of fused-ring (bicyclic) bond motifs is 3. The van der Waals surface area contributed by atoms with Crippen molar-refractivity contribution in [3.63, 3.8) is 0 Å². The topological polar surface area (TPSA) is 77.5 Å². The van der Waals surface area contributed by atoms with Gasteiger partial charge in [-0.1, -0.05) is 36.4 Å². The van der Waals surface area contributed by atoms with Gasteiger partial charge in [-0.2, -0.15) is 0 Å². The molecule has 0 saturated carbocycles. The fraction of sp³-hybridized carbons (Fsp3) is 0.273. The molecule has 6 nitrogen and oxygen atoms in total. The Kier molecular flexibility index (Phi) is 6.16. The van der Waals surface area contributed by atoms with E-state index in [1.54, 1.807) is 38.1 Å². The van der Waals surface area contributed by atoms with Crippen LogP contribution in [-0.4, -0.2) is 24.1 Å². The van der Waals surface area contributed by atoms with E-state index in [0.29, 0.717) is 23.9 Å². The minimum atomic E-state index is -3.17. The molecule has 0 atom stereocenters. The Morgan fingerprint density at radius 1 is 1.10 bits per heavy atom. The highest BCUT2D eigenvalue weighted by molar-refractivity contribution is 7.53. The minimum Gasteiger partial charge on any atom is -0.309 e. The minimum absolute atomic E-state index is 0.176. The number of carbonyl (C=O) groups excluding carboxylic acids is 1. The Bertz CT molecular complexity index is 1100. The predicted molar refractivity (Wildman–Crippen MR) is 119 cm³/mol. The lowest BCUT2D eigenvalue weighted by molar-refractivity contribution is 0.102. The maximum absolute atomic E-state index is 12.7. The number of nitrogens with zero attached hydrogens (tertiary/aromatic N) is 1. The van der Waals surface area contributed by atoms with Gasteiger partial charge in [0.2, 0.25) is 0 Å². The Balaban J connectivity index is 1.44. The summed E-state index contributed by atoms with van der Waals surface area (Å²) in [5.74, 6) is -0.222. The third-order valence-corrected chi connectivity index (χ3v) is 7.81. The van der Waals surface area contributed by atoms with Crippen LogP contribution >= 0.6 is 18.9 Å². The quantitative estimate of drug-likeness (QED) is 0.353. The number of thiazole rings is 1. The van der Waals surface area contributed by atoms with Crippen LogP contribution in [0.3, 0.4) is 0 Å². The van der Waals surface area contributed by atoms with Crippen molar-refractivity contribution in [3.8, 4) is 11.3 Å². The molecule has 156 valence electrons. The smallest absolute Gasteiger partial charge is 0.309 e. The fourth-order valence-electron chi connectivity index (χ4n) is 3.49. The van der Waals surface area contributed by atoms with E-state index in [1.165, 1.54) is 21.8 Å². The van der Waals surface area contributed by atoms with Crippen LogP contribution in [0.25, 0.3) is 11.3 Å². The molecular formula is C22H23N2O4PS. The van der Waals surface area contributed by atoms with Crippen LogP contribution in [0.4, 0.5) is 5.13 Å². The zero-order valence-electron chi connectivity index (χ0n) is 16.9. The molecule has 0 unspecified atom stereocenters. The number of nitrogens with one attached hydrogen (secondary N) is 1. The fourth-order valence-corrected chi connectivity index (χ4v) is 6.19. The molecule has 0 radical (unpaired) electrons. The van der Waals surface area contributed by atoms with Gasteiger partial charge >= 0.3 is 7.60 Å². The lowest BCUT2D eigenvalue weighted by Gasteiger charge is -2.17. The van der Waals surface area contributed by atoms with Crippen molar-refractivity contribution in [3.05, 3.63) is 70.1 Å². The predicted octanol–water partition coefficient (Wildman–Crippen LogP) is 5.73. The van der Waals surface area contributed by atoms with E-state index in [9.17, 15) is 9.36 Å². The second-order valence-electron chi connectivity index (χ2n) is 6.88. The van der Waals surface area contributed by atoms with Crippen LogP contribution in [0.1, 0.15) is 40.2 Å². The molecule has 1 aromatic heterocycles. The van der Waals surface area contributed by atoms with Gasteiger partial charge in [0.1, 0.15) is 0 Å². The summed E-state index contributed by atoms with van der Waals surface area (Å²) in [4.78, 5) is 18.4. The van der Waals surface area contributed by atoms with Crippen molar-refractivity contribution in [2.24, 2.45) is 0 Å². The van der Waals surface area contributed by atoms with Gasteiger partial charge < -0.3 is 9.05 Å². The molecule has 4 rings (SSSR count). The number of amides is 1. The maximum atomic E-state index is 12.7. The summed E-state index contributed by atoms with van der Waals surface area (Å²) in [6.07, 6.45) is 1.03. The monoisotopic (exact) mass is 442 g/mol. The zero-order valence-corrected chi connectivity index (χ0v) is 18.6. The molecule has 1 heterocycles. The number of rotatable bonds is 8. The maximum Gasteiger partial charge on any atom is 0.335 e. The van der Waals surface area contributed by atoms with E-state index < -0.39 is 7.60 Å². The Labute approximate surface area is 179 Å². The molecule has 3 aromatic rings. The van der Waals surface area contributed by atoms with Crippen LogP contribution in [-0.2, 0) is 26.2 Å². The lowest BCUT2D eigenvalue weighted by Crippen LogP contribution is -2.11. The standard InChI is InChI=1S/C22H23N2O4PS/c1-3-27-29(26,28-4-2)14-15-9-11-16(12-10-15)21(25)24-22-23-20-18-8-6-5-7-17(18)13-19(20)30-22/h5-12H,3-4,13-14H2,1-2H3,(H,23,24,25). The van der Waals surface area contributed by atoms with Crippen LogP contribution in [0.5, 0.6) is 0 Å². The van der Waals surface area contributed by atoms with E-state index in [4.69, 9.17) is 9.05 Å². The van der Waals surface area contributed by atoms with E-state index in [0.717, 1.165) is 23.2 Å². The highest BCUT2D eigenvalue weighted by Gasteiger charge is 2.25. The van der Waals surface area contributed by atoms with Crippen LogP contribution in [0.15, 0.2) is 48.5 Å². The molecule has 1 aliphatic rings. The Morgan fingerprint density at radius 2 is 1.80 bits per heavy atom. The molecule has 0 fully saturated rings. The van der Waals surface area contributed by atoms with Gasteiger partial charge in [-0.25, -0.2) is 4.98 Å². The molecule has 30 heavy (non-hydrogen) atoms. The van der Waals surface area contributed by atoms with Gasteiger partial charge in [0.15, 0.2) is 5.13 Å². The summed E-state index contributed by atoms with van der Waals surface area (Å²) in [6.45, 7) is 4.21. The first-order valence-electron chi connectivity index (χ1n) is 9.87. The molecule has 8 heteroatoms. The third kappa shape index (κ3) is 4.40. The first-order valence-corrected chi connectivity index (χ1v) is 12.4. The van der Waals surface area contributed by atoms with Crippen molar-refractivity contribution >= 4 is 30.0 Å². The highest BCUT2D eigenvalue weighted by Crippen LogP contribution is 2.51. The second-order valence-corrected chi connectivity index (χ2v) is 10.0. The normalized spacial score (nSPS) is 12.5. The van der Waals surface area contributed by atoms with Gasteiger partial charge in [0.05, 0.1) is 25.1 Å². The van der Waals surface area contributed by atoms with Gasteiger partial charge in [-0.15, -0.1) is 11.3 Å². The van der Waals surface area contributed by atoms with Crippen molar-refractivity contribution in [2.75, 3.05) is 18.5 Å². The van der Waals surface area contributed by atoms with Crippen molar-refractivity contribution in [1.29, 1.82) is 0 Å². The third-order valence-electron chi connectivity index (χ3n) is 4.79. The lowest BCUT2D eigenvalue weighted by atomic mass is 10.1. The molecule has 1 amide bonds. The van der Waals surface area contributed by atoms with Gasteiger partial charge in [-0.3, -0.25) is 14.7 Å². The number of hydrogen-bond donors (Lipinski definition) is 1.